The summed E-state index contributed by atoms with van der Waals surface area (Å²) in [6.45, 7) is 1.08. The van der Waals surface area contributed by atoms with E-state index in [2.05, 4.69) is 0 Å². The number of aliphatic carboxylic acids is 1. The van der Waals surface area contributed by atoms with Crippen molar-refractivity contribution in [3.63, 3.8) is 0 Å². The van der Waals surface area contributed by atoms with E-state index < -0.39 is 5.97 Å². The Morgan fingerprint density at radius 2 is 1.80 bits per heavy atom. The number of rotatable bonds is 0. The van der Waals surface area contributed by atoms with Crippen molar-refractivity contribution < 1.29 is 9.90 Å². The third-order valence-corrected chi connectivity index (χ3v) is 0. The SMILES string of the molecule is CC(=O)O.[GeH4]. The first-order valence-corrected chi connectivity index (χ1v) is 0.928. The van der Waals surface area contributed by atoms with Gasteiger partial charge in [0.05, 0.1) is 0 Å². The van der Waals surface area contributed by atoms with Crippen molar-refractivity contribution in [3.8, 4) is 0 Å². The summed E-state index contributed by atoms with van der Waals surface area (Å²) < 4.78 is 0. The Kier molecular flexibility index (Phi) is 7.14. The van der Waals surface area contributed by atoms with Gasteiger partial charge in [-0.25, -0.2) is 0 Å². The van der Waals surface area contributed by atoms with Crippen LogP contribution in [0.3, 0.4) is 0 Å². The number of hydrogen-bond acceptors (Lipinski definition) is 1. The van der Waals surface area contributed by atoms with Crippen molar-refractivity contribution >= 4 is 23.6 Å². The molecule has 0 atom stereocenters. The molecular formula is C2H8GeO2. The maximum absolute atomic E-state index is 9.00. The Morgan fingerprint density at radius 1 is 1.80 bits per heavy atom. The van der Waals surface area contributed by atoms with Crippen LogP contribution in [0.1, 0.15) is 6.92 Å². The van der Waals surface area contributed by atoms with E-state index in [4.69, 9.17) is 9.90 Å². The molecule has 0 saturated carbocycles. The molecule has 0 aromatic rings. The molecular weight excluding hydrogens is 129 g/mol. The quantitative estimate of drug-likeness (QED) is 0.418. The fourth-order valence-electron chi connectivity index (χ4n) is 0. The van der Waals surface area contributed by atoms with Crippen LogP contribution in [0.25, 0.3) is 0 Å². The molecule has 0 fully saturated rings. The van der Waals surface area contributed by atoms with Gasteiger partial charge in [0.15, 0.2) is 0 Å². The van der Waals surface area contributed by atoms with Gasteiger partial charge >= 0.3 is 17.6 Å². The molecule has 0 aliphatic heterocycles. The molecule has 0 heterocycles. The summed E-state index contributed by atoms with van der Waals surface area (Å²) in [4.78, 5) is 9.00. The number of carboxylic acids is 1. The molecule has 2 nitrogen and oxygen atoms in total. The second-order valence-corrected chi connectivity index (χ2v) is 0.519. The van der Waals surface area contributed by atoms with Gasteiger partial charge in [0.25, 0.3) is 5.97 Å². The number of carbonyl (C=O) groups is 1. The van der Waals surface area contributed by atoms with E-state index in [1.165, 1.54) is 0 Å². The van der Waals surface area contributed by atoms with Crippen LogP contribution in [0.5, 0.6) is 0 Å². The molecule has 0 bridgehead atoms. The molecule has 0 radical (unpaired) electrons. The average Bonchev–Trinajstić information content (AvgIpc) is 0.811. The van der Waals surface area contributed by atoms with Crippen LogP contribution < -0.4 is 0 Å². The predicted octanol–water partition coefficient (Wildman–Crippen LogP) is -1.36. The second kappa shape index (κ2) is 4.01. The monoisotopic (exact) mass is 138 g/mol. The fraction of sp³-hybridized carbons (Fsp3) is 0.500. The van der Waals surface area contributed by atoms with E-state index in [0.29, 0.717) is 0 Å². The van der Waals surface area contributed by atoms with Crippen LogP contribution in [0.4, 0.5) is 0 Å². The van der Waals surface area contributed by atoms with Crippen molar-refractivity contribution in [2.45, 2.75) is 6.92 Å². The third-order valence-electron chi connectivity index (χ3n) is 0. The molecule has 0 aromatic carbocycles. The summed E-state index contributed by atoms with van der Waals surface area (Å²) in [6, 6.07) is 0. The molecule has 0 unspecified atom stereocenters. The van der Waals surface area contributed by atoms with E-state index in [9.17, 15) is 0 Å². The molecule has 0 rings (SSSR count). The standard InChI is InChI=1S/C2H4O2.GeH4/c1-2(3)4;/h1H3,(H,3,4);1H4. The molecule has 5 heavy (non-hydrogen) atoms. The second-order valence-electron chi connectivity index (χ2n) is 0.519. The summed E-state index contributed by atoms with van der Waals surface area (Å²) in [7, 11) is 0. The van der Waals surface area contributed by atoms with Crippen molar-refractivity contribution in [2.75, 3.05) is 0 Å². The first-order valence-electron chi connectivity index (χ1n) is 0.928. The minimum absolute atomic E-state index is 0. The third kappa shape index (κ3) is 98400. The molecule has 0 aliphatic carbocycles. The zero-order chi connectivity index (χ0) is 3.58. The zero-order valence-electron chi connectivity index (χ0n) is 2.36. The van der Waals surface area contributed by atoms with E-state index in [0.717, 1.165) is 6.92 Å². The van der Waals surface area contributed by atoms with Gasteiger partial charge in [0.1, 0.15) is 0 Å². The molecule has 0 spiro atoms. The molecule has 0 amide bonds. The fourth-order valence-corrected chi connectivity index (χ4v) is 0. The summed E-state index contributed by atoms with van der Waals surface area (Å²) in [5.74, 6) is -0.833. The van der Waals surface area contributed by atoms with Crippen LogP contribution in [-0.2, 0) is 4.79 Å². The van der Waals surface area contributed by atoms with E-state index in [-0.39, 0.29) is 17.6 Å². The van der Waals surface area contributed by atoms with Crippen LogP contribution in [0.2, 0.25) is 0 Å². The zero-order valence-corrected chi connectivity index (χ0v) is 2.36. The summed E-state index contributed by atoms with van der Waals surface area (Å²) in [5, 5.41) is 7.42. The first-order chi connectivity index (χ1) is 1.73. The van der Waals surface area contributed by atoms with E-state index in [1.807, 2.05) is 0 Å². The molecule has 1 N–H and O–H groups in total. The van der Waals surface area contributed by atoms with E-state index in [1.54, 1.807) is 0 Å². The minimum atomic E-state index is -0.833. The Hall–Kier alpha value is 0.0129. The summed E-state index contributed by atoms with van der Waals surface area (Å²) >= 11 is 0. The van der Waals surface area contributed by atoms with Crippen LogP contribution in [0.15, 0.2) is 0 Å². The summed E-state index contributed by atoms with van der Waals surface area (Å²) in [6.07, 6.45) is 0. The van der Waals surface area contributed by atoms with Crippen molar-refractivity contribution in [2.24, 2.45) is 0 Å². The molecule has 32 valence electrons. The van der Waals surface area contributed by atoms with Gasteiger partial charge in [-0.3, -0.25) is 4.79 Å². The first kappa shape index (κ1) is 8.89. The maximum atomic E-state index is 9.00. The van der Waals surface area contributed by atoms with Crippen molar-refractivity contribution in [1.82, 2.24) is 0 Å². The van der Waals surface area contributed by atoms with Gasteiger partial charge in [-0.1, -0.05) is 0 Å². The van der Waals surface area contributed by atoms with E-state index >= 15 is 0 Å². The van der Waals surface area contributed by atoms with Crippen molar-refractivity contribution in [1.29, 1.82) is 0 Å². The van der Waals surface area contributed by atoms with Gasteiger partial charge < -0.3 is 5.11 Å². The molecule has 0 aliphatic rings. The van der Waals surface area contributed by atoms with Gasteiger partial charge in [0, 0.05) is 6.92 Å². The Bertz CT molecular complexity index is 30.6. The summed E-state index contributed by atoms with van der Waals surface area (Å²) in [5.41, 5.74) is 0. The van der Waals surface area contributed by atoms with Gasteiger partial charge in [-0.15, -0.1) is 0 Å². The van der Waals surface area contributed by atoms with Gasteiger partial charge in [-0.05, 0) is 0 Å². The van der Waals surface area contributed by atoms with Gasteiger partial charge in [0.2, 0.25) is 0 Å². The number of hydrogen-bond donors (Lipinski definition) is 1. The average molecular weight is 137 g/mol. The Labute approximate surface area is 41.2 Å². The molecule has 3 heteroatoms. The van der Waals surface area contributed by atoms with Crippen molar-refractivity contribution in [3.05, 3.63) is 0 Å². The van der Waals surface area contributed by atoms with Crippen LogP contribution in [0, 0.1) is 0 Å². The van der Waals surface area contributed by atoms with Gasteiger partial charge in [-0.2, -0.15) is 0 Å². The normalized spacial score (nSPS) is 5.00. The van der Waals surface area contributed by atoms with Crippen LogP contribution in [-0.4, -0.2) is 28.7 Å². The predicted molar refractivity (Wildman–Crippen MR) is 24.6 cm³/mol. The Morgan fingerprint density at radius 3 is 1.80 bits per heavy atom. The number of carboxylic acid groups (broad SMARTS) is 1. The Balaban J connectivity index is 0. The topological polar surface area (TPSA) is 37.3 Å². The van der Waals surface area contributed by atoms with Crippen LogP contribution >= 0.6 is 0 Å². The molecule has 0 saturated heterocycles. The molecule has 0 aromatic heterocycles.